The number of carbonyl (C=O) groups excluding carboxylic acids is 11. The highest BCUT2D eigenvalue weighted by molar-refractivity contribution is 7.99. The number of likely N-dealkylation sites (N-methyl/N-ethyl adjacent to an activating group) is 2. The normalized spacial score (nSPS) is 18.7. The molecule has 3 rings (SSSR count). The van der Waals surface area contributed by atoms with Crippen LogP contribution in [0.1, 0.15) is 152 Å². The van der Waals surface area contributed by atoms with Crippen molar-refractivity contribution in [2.75, 3.05) is 72.7 Å². The molecule has 0 spiro atoms. The van der Waals surface area contributed by atoms with Crippen molar-refractivity contribution in [2.45, 2.75) is 231 Å². The number of rotatable bonds is 47. The van der Waals surface area contributed by atoms with Gasteiger partial charge in [-0.25, -0.2) is 0 Å². The van der Waals surface area contributed by atoms with Gasteiger partial charge in [-0.15, -0.1) is 11.8 Å². The Morgan fingerprint density at radius 3 is 1.87 bits per heavy atom. The first-order valence-electron chi connectivity index (χ1n) is 35.6. The molecular formula is C71H119N11O19S. The Morgan fingerprint density at radius 2 is 1.29 bits per heavy atom. The Kier molecular flexibility index (Phi) is 39.4. The van der Waals surface area contributed by atoms with Gasteiger partial charge in [0.25, 0.3) is 11.8 Å². The number of nitrogens with zero attached hydrogens (tertiary/aromatic N) is 4. The number of aliphatic hydroxyl groups excluding tert-OH is 6. The van der Waals surface area contributed by atoms with Gasteiger partial charge >= 0.3 is 0 Å². The van der Waals surface area contributed by atoms with E-state index in [0.29, 0.717) is 62.9 Å². The van der Waals surface area contributed by atoms with Crippen molar-refractivity contribution in [3.8, 4) is 0 Å². The summed E-state index contributed by atoms with van der Waals surface area (Å²) in [5.41, 5.74) is 0.666. The van der Waals surface area contributed by atoms with Crippen LogP contribution in [0.25, 0.3) is 0 Å². The Balaban J connectivity index is 1.62. The van der Waals surface area contributed by atoms with E-state index in [1.54, 1.807) is 63.7 Å². The molecule has 30 nitrogen and oxygen atoms in total. The second-order valence-electron chi connectivity index (χ2n) is 27.9. The second kappa shape index (κ2) is 44.9. The SMILES string of the molecule is CC[C@H](C)[C@@H]([C@@H](CC(=O)N1CCC[C@H]1[C@H](OC)[C@@H](C)C(=O)N[C@H](C)[C@@H](O)c1ccccc1)OC)N(C)C(=O)[C@@H](NC(=O)[C@H](C(C)C)N(C)CCSCNC(=O)[C@H](C)NC(=O)[C@@H](NC(=O)[C@H](CCC(=O)NC[C@H](O)[C@@H](O)[C@H](O)[C@H](O)CO)NC(=O)CCCCCN1C(=O)C=CC1=O)C(C)C)C(C)C. The molecule has 578 valence electrons. The summed E-state index contributed by atoms with van der Waals surface area (Å²) in [5, 5.41) is 79.1. The minimum absolute atomic E-state index is 0.0733. The van der Waals surface area contributed by atoms with E-state index in [2.05, 4.69) is 37.2 Å². The average Bonchev–Trinajstić information content (AvgIpc) is 1.59. The molecule has 1 fully saturated rings. The van der Waals surface area contributed by atoms with Crippen molar-refractivity contribution in [3.63, 3.8) is 0 Å². The predicted molar refractivity (Wildman–Crippen MR) is 383 cm³/mol. The van der Waals surface area contributed by atoms with Crippen LogP contribution in [-0.2, 0) is 62.2 Å². The van der Waals surface area contributed by atoms with Gasteiger partial charge in [0.1, 0.15) is 42.5 Å². The molecule has 0 bridgehead atoms. The lowest BCUT2D eigenvalue weighted by molar-refractivity contribution is -0.148. The zero-order valence-electron chi connectivity index (χ0n) is 62.3. The first-order valence-corrected chi connectivity index (χ1v) is 36.8. The molecule has 17 atom stereocenters. The molecule has 0 aliphatic carbocycles. The van der Waals surface area contributed by atoms with Crippen molar-refractivity contribution < 1.29 is 92.9 Å². The highest BCUT2D eigenvalue weighted by Crippen LogP contribution is 2.31. The van der Waals surface area contributed by atoms with E-state index < -0.39 is 164 Å². The summed E-state index contributed by atoms with van der Waals surface area (Å²) in [5.74, 6) is -7.01. The molecule has 0 aromatic heterocycles. The average molecular weight is 1460 g/mol. The lowest BCUT2D eigenvalue weighted by Crippen LogP contribution is -2.60. The Hall–Kier alpha value is -6.68. The summed E-state index contributed by atoms with van der Waals surface area (Å²) < 4.78 is 12.1. The molecule has 2 aliphatic rings. The molecule has 0 radical (unpaired) electrons. The number of benzene rings is 1. The maximum atomic E-state index is 14.8. The topological polar surface area (TPSA) is 425 Å². The van der Waals surface area contributed by atoms with Crippen molar-refractivity contribution in [1.29, 1.82) is 0 Å². The van der Waals surface area contributed by atoms with Gasteiger partial charge in [0.15, 0.2) is 0 Å². The number of amides is 11. The number of nitrogens with one attached hydrogen (secondary N) is 7. The standard InChI is InChI=1S/C71H119N11O19S/c1-16-43(8)61(52(100-14)36-57(90)81-33-23-26-49(81)65(101-15)44(9)66(94)74-45(10)62(91)47-24-19-17-20-25-47)80(13)71(99)59(41(4)5)78-70(98)60(42(6)7)79(12)34-35-102-39-73-67(95)46(11)75-69(97)58(40(2)3)77-68(96)48(28-29-53(86)72-37-50(84)63(92)64(93)51(85)38-83)76-54(87)27-21-18-22-32-82-55(88)30-31-56(82)89/h17,19-20,24-25,30-31,40-46,48-52,58-65,83-85,91-93H,16,18,21-23,26-29,32-39H2,1-15H3,(H,72,86)(H,73,95)(H,74,94)(H,75,97)(H,76,87)(H,77,96)(H,78,98)/t43-,44+,45+,46-,48-,49-,50-,51+,52+,58-,59-,60-,61-,62+,63+,64+,65+/m0/s1. The number of unbranched alkanes of at least 4 members (excludes halogenated alkanes) is 2. The van der Waals surface area contributed by atoms with Crippen molar-refractivity contribution in [2.24, 2.45) is 29.6 Å². The number of aliphatic hydroxyl groups is 6. The van der Waals surface area contributed by atoms with Crippen LogP contribution in [0.4, 0.5) is 0 Å². The Morgan fingerprint density at radius 1 is 0.676 bits per heavy atom. The number of carbonyl (C=O) groups is 11. The third kappa shape index (κ3) is 27.4. The lowest BCUT2D eigenvalue weighted by Gasteiger charge is -2.41. The van der Waals surface area contributed by atoms with Gasteiger partial charge < -0.3 is 87.1 Å². The van der Waals surface area contributed by atoms with Crippen LogP contribution in [0.15, 0.2) is 42.5 Å². The first-order chi connectivity index (χ1) is 48.1. The molecule has 1 aromatic rings. The van der Waals surface area contributed by atoms with Crippen LogP contribution in [0.3, 0.4) is 0 Å². The van der Waals surface area contributed by atoms with Gasteiger partial charge in [-0.3, -0.25) is 62.5 Å². The number of thioether (sulfide) groups is 1. The van der Waals surface area contributed by atoms with Gasteiger partial charge in [0.2, 0.25) is 53.2 Å². The zero-order valence-corrected chi connectivity index (χ0v) is 63.1. The van der Waals surface area contributed by atoms with Crippen LogP contribution >= 0.6 is 11.8 Å². The molecule has 13 N–H and O–H groups in total. The maximum Gasteiger partial charge on any atom is 0.253 e. The number of ether oxygens (including phenoxy) is 2. The highest BCUT2D eigenvalue weighted by Gasteiger charge is 2.44. The molecule has 11 amide bonds. The fraction of sp³-hybridized carbons (Fsp3) is 0.732. The van der Waals surface area contributed by atoms with Crippen LogP contribution in [-0.4, -0.2) is 273 Å². The summed E-state index contributed by atoms with van der Waals surface area (Å²) in [4.78, 5) is 155. The largest absolute Gasteiger partial charge is 0.394 e. The van der Waals surface area contributed by atoms with E-state index in [1.165, 1.54) is 45.1 Å². The highest BCUT2D eigenvalue weighted by atomic mass is 32.2. The van der Waals surface area contributed by atoms with Crippen LogP contribution in [0.5, 0.6) is 0 Å². The minimum atomic E-state index is -1.96. The second-order valence-corrected chi connectivity index (χ2v) is 29.0. The monoisotopic (exact) mass is 1460 g/mol. The third-order valence-electron chi connectivity index (χ3n) is 19.1. The molecule has 31 heteroatoms. The van der Waals surface area contributed by atoms with E-state index in [4.69, 9.17) is 14.6 Å². The number of imide groups is 1. The van der Waals surface area contributed by atoms with Crippen molar-refractivity contribution in [3.05, 3.63) is 48.0 Å². The van der Waals surface area contributed by atoms with Crippen molar-refractivity contribution >= 4 is 76.7 Å². The zero-order chi connectivity index (χ0) is 76.8. The number of likely N-dealkylation sites (tertiary alicyclic amines) is 1. The summed E-state index contributed by atoms with van der Waals surface area (Å²) in [7, 11) is 6.49. The number of hydrogen-bond acceptors (Lipinski definition) is 21. The van der Waals surface area contributed by atoms with E-state index in [-0.39, 0.29) is 73.1 Å². The molecule has 0 unspecified atom stereocenters. The molecular weight excluding hydrogens is 1340 g/mol. The van der Waals surface area contributed by atoms with E-state index in [9.17, 15) is 78.3 Å². The summed E-state index contributed by atoms with van der Waals surface area (Å²) in [6.45, 7) is 19.1. The fourth-order valence-electron chi connectivity index (χ4n) is 12.7. The molecule has 102 heavy (non-hydrogen) atoms. The van der Waals surface area contributed by atoms with E-state index >= 15 is 0 Å². The minimum Gasteiger partial charge on any atom is -0.394 e. The summed E-state index contributed by atoms with van der Waals surface area (Å²) in [6, 6.07) is 2.04. The first kappa shape index (κ1) is 89.5. The van der Waals surface area contributed by atoms with Gasteiger partial charge in [-0.05, 0) is 82.2 Å². The third-order valence-corrected chi connectivity index (χ3v) is 19.9. The van der Waals surface area contributed by atoms with Crippen LogP contribution < -0.4 is 37.2 Å². The molecule has 2 aliphatic heterocycles. The summed E-state index contributed by atoms with van der Waals surface area (Å²) >= 11 is 1.35. The van der Waals surface area contributed by atoms with Gasteiger partial charge in [-0.2, -0.15) is 0 Å². The van der Waals surface area contributed by atoms with Crippen molar-refractivity contribution in [1.82, 2.24) is 56.8 Å². The molecule has 1 aromatic carbocycles. The van der Waals surface area contributed by atoms with Crippen LogP contribution in [0, 0.1) is 29.6 Å². The quantitative estimate of drug-likeness (QED) is 0.0232. The molecule has 0 saturated carbocycles. The van der Waals surface area contributed by atoms with E-state index in [1.807, 2.05) is 64.6 Å². The fourth-order valence-corrected chi connectivity index (χ4v) is 13.5. The van der Waals surface area contributed by atoms with Gasteiger partial charge in [0.05, 0.1) is 73.4 Å². The number of methoxy groups -OCH3 is 2. The van der Waals surface area contributed by atoms with Crippen LogP contribution in [0.2, 0.25) is 0 Å². The summed E-state index contributed by atoms with van der Waals surface area (Å²) in [6.07, 6.45) is -5.32. The smallest absolute Gasteiger partial charge is 0.253 e. The lowest BCUT2D eigenvalue weighted by atomic mass is 9.89. The Labute approximate surface area is 605 Å². The number of hydrogen-bond donors (Lipinski definition) is 13. The van der Waals surface area contributed by atoms with E-state index in [0.717, 1.165) is 4.90 Å². The molecule has 2 heterocycles. The Bertz CT molecular complexity index is 2880. The maximum absolute atomic E-state index is 14.8. The predicted octanol–water partition coefficient (Wildman–Crippen LogP) is -0.00290. The van der Waals surface area contributed by atoms with Gasteiger partial charge in [0, 0.05) is 78.2 Å². The molecule has 1 saturated heterocycles. The van der Waals surface area contributed by atoms with Gasteiger partial charge in [-0.1, -0.05) is 105 Å².